The van der Waals surface area contributed by atoms with Crippen molar-refractivity contribution in [3.63, 3.8) is 0 Å². The number of hydrogen-bond donors (Lipinski definition) is 0. The predicted molar refractivity (Wildman–Crippen MR) is 232 cm³/mol. The molecule has 0 bridgehead atoms. The standard InChI is InChI=1S/C52H33N3/c1-3-14-37(15-4-1)53-46-21-11-9-19-41(46)43-27-23-35(31-49(43)53)36-24-28-44-42-20-10-12-22-47(42)55(50(44)32-36)39-26-29-45-51(33-39)54(38-16-5-2-6-17-38)48-30-25-34-13-7-8-18-40(34)52(45)48/h1-33H. The Labute approximate surface area is 317 Å². The third-order valence-corrected chi connectivity index (χ3v) is 11.6. The average molecular weight is 700 g/mol. The average Bonchev–Trinajstić information content (AvgIpc) is 3.89. The van der Waals surface area contributed by atoms with Crippen LogP contribution in [0, 0.1) is 0 Å². The SMILES string of the molecule is c1ccc(-n2c3ccccc3c3ccc(-c4ccc5c6ccccc6n(-c6ccc7c8c9ccccc9ccc8n(-c8ccccc8)c7c6)c5c4)cc32)cc1. The molecule has 3 heterocycles. The van der Waals surface area contributed by atoms with Crippen LogP contribution in [-0.4, -0.2) is 13.7 Å². The minimum atomic E-state index is 1.14. The van der Waals surface area contributed by atoms with Gasteiger partial charge in [-0.15, -0.1) is 0 Å². The van der Waals surface area contributed by atoms with Gasteiger partial charge in [0.05, 0.1) is 33.1 Å². The topological polar surface area (TPSA) is 14.8 Å². The zero-order valence-corrected chi connectivity index (χ0v) is 29.9. The molecule has 12 aromatic rings. The second-order valence-electron chi connectivity index (χ2n) is 14.6. The van der Waals surface area contributed by atoms with E-state index in [1.54, 1.807) is 0 Å². The summed E-state index contributed by atoms with van der Waals surface area (Å²) in [6, 6.07) is 73.2. The summed E-state index contributed by atoms with van der Waals surface area (Å²) in [5.41, 5.74) is 13.1. The van der Waals surface area contributed by atoms with Crippen molar-refractivity contribution in [1.82, 2.24) is 13.7 Å². The van der Waals surface area contributed by atoms with Crippen molar-refractivity contribution < 1.29 is 0 Å². The minimum Gasteiger partial charge on any atom is -0.309 e. The summed E-state index contributed by atoms with van der Waals surface area (Å²) >= 11 is 0. The molecular weight excluding hydrogens is 667 g/mol. The normalized spacial score (nSPS) is 12.0. The molecule has 0 radical (unpaired) electrons. The van der Waals surface area contributed by atoms with E-state index in [1.807, 2.05) is 0 Å². The Morgan fingerprint density at radius 2 is 0.691 bits per heavy atom. The third kappa shape index (κ3) is 4.38. The molecule has 0 aliphatic carbocycles. The first-order valence-electron chi connectivity index (χ1n) is 18.9. The van der Waals surface area contributed by atoms with Gasteiger partial charge < -0.3 is 13.7 Å². The Bertz CT molecular complexity index is 3470. The lowest BCUT2D eigenvalue weighted by Crippen LogP contribution is -1.97. The second-order valence-corrected chi connectivity index (χ2v) is 14.6. The number of nitrogens with zero attached hydrogens (tertiary/aromatic N) is 3. The maximum atomic E-state index is 2.46. The Kier molecular flexibility index (Phi) is 6.34. The van der Waals surface area contributed by atoms with Crippen LogP contribution in [0.15, 0.2) is 200 Å². The first kappa shape index (κ1) is 30.1. The van der Waals surface area contributed by atoms with E-state index >= 15 is 0 Å². The zero-order chi connectivity index (χ0) is 36.0. The Morgan fingerprint density at radius 1 is 0.236 bits per heavy atom. The fraction of sp³-hybridized carbons (Fsp3) is 0. The Balaban J connectivity index is 1.11. The summed E-state index contributed by atoms with van der Waals surface area (Å²) in [7, 11) is 0. The summed E-state index contributed by atoms with van der Waals surface area (Å²) in [5.74, 6) is 0. The molecule has 0 aliphatic rings. The smallest absolute Gasteiger partial charge is 0.0562 e. The van der Waals surface area contributed by atoms with E-state index in [4.69, 9.17) is 0 Å². The van der Waals surface area contributed by atoms with Crippen LogP contribution in [0.1, 0.15) is 0 Å². The molecule has 3 aromatic heterocycles. The van der Waals surface area contributed by atoms with Gasteiger partial charge in [-0.1, -0.05) is 133 Å². The van der Waals surface area contributed by atoms with E-state index in [-0.39, 0.29) is 0 Å². The molecule has 55 heavy (non-hydrogen) atoms. The molecule has 0 atom stereocenters. The van der Waals surface area contributed by atoms with Crippen molar-refractivity contribution in [3.05, 3.63) is 200 Å². The highest BCUT2D eigenvalue weighted by atomic mass is 15.0. The number of para-hydroxylation sites is 4. The summed E-state index contributed by atoms with van der Waals surface area (Å²) in [6.45, 7) is 0. The van der Waals surface area contributed by atoms with Gasteiger partial charge in [0.25, 0.3) is 0 Å². The number of aromatic nitrogens is 3. The van der Waals surface area contributed by atoms with Crippen molar-refractivity contribution in [1.29, 1.82) is 0 Å². The van der Waals surface area contributed by atoms with Crippen LogP contribution < -0.4 is 0 Å². The van der Waals surface area contributed by atoms with E-state index in [1.165, 1.54) is 87.3 Å². The number of benzene rings is 9. The predicted octanol–water partition coefficient (Wildman–Crippen LogP) is 13.8. The Hall–Kier alpha value is -7.36. The van der Waals surface area contributed by atoms with E-state index in [0.29, 0.717) is 0 Å². The van der Waals surface area contributed by atoms with E-state index < -0.39 is 0 Å². The van der Waals surface area contributed by atoms with E-state index in [0.717, 1.165) is 17.1 Å². The maximum Gasteiger partial charge on any atom is 0.0562 e. The van der Waals surface area contributed by atoms with Crippen LogP contribution >= 0.6 is 0 Å². The number of rotatable bonds is 4. The van der Waals surface area contributed by atoms with Gasteiger partial charge in [0.1, 0.15) is 0 Å². The highest BCUT2D eigenvalue weighted by molar-refractivity contribution is 6.22. The lowest BCUT2D eigenvalue weighted by atomic mass is 10.0. The molecule has 9 aromatic carbocycles. The first-order chi connectivity index (χ1) is 27.3. The van der Waals surface area contributed by atoms with E-state index in [9.17, 15) is 0 Å². The van der Waals surface area contributed by atoms with Crippen molar-refractivity contribution in [3.8, 4) is 28.2 Å². The Morgan fingerprint density at radius 3 is 1.31 bits per heavy atom. The molecule has 0 N–H and O–H groups in total. The van der Waals surface area contributed by atoms with Crippen molar-refractivity contribution in [2.24, 2.45) is 0 Å². The van der Waals surface area contributed by atoms with Crippen molar-refractivity contribution in [2.45, 2.75) is 0 Å². The van der Waals surface area contributed by atoms with Gasteiger partial charge in [-0.2, -0.15) is 0 Å². The van der Waals surface area contributed by atoms with Crippen LogP contribution in [0.2, 0.25) is 0 Å². The second kappa shape index (κ2) is 11.6. The summed E-state index contributed by atoms with van der Waals surface area (Å²) in [5, 5.41) is 10.1. The first-order valence-corrected chi connectivity index (χ1v) is 18.9. The van der Waals surface area contributed by atoms with Gasteiger partial charge in [0, 0.05) is 49.4 Å². The summed E-state index contributed by atoms with van der Waals surface area (Å²) in [6.07, 6.45) is 0. The maximum absolute atomic E-state index is 2.46. The van der Waals surface area contributed by atoms with Gasteiger partial charge in [-0.05, 0) is 88.6 Å². The van der Waals surface area contributed by atoms with Crippen molar-refractivity contribution >= 4 is 76.2 Å². The molecule has 0 fully saturated rings. The largest absolute Gasteiger partial charge is 0.309 e. The van der Waals surface area contributed by atoms with Gasteiger partial charge in [-0.3, -0.25) is 0 Å². The van der Waals surface area contributed by atoms with Crippen LogP contribution in [0.25, 0.3) is 104 Å². The van der Waals surface area contributed by atoms with Gasteiger partial charge in [0.15, 0.2) is 0 Å². The molecule has 256 valence electrons. The number of fused-ring (bicyclic) bond motifs is 11. The minimum absolute atomic E-state index is 1.14. The van der Waals surface area contributed by atoms with Crippen LogP contribution in [0.4, 0.5) is 0 Å². The molecule has 0 saturated heterocycles. The molecule has 0 aliphatic heterocycles. The summed E-state index contributed by atoms with van der Waals surface area (Å²) < 4.78 is 7.28. The highest BCUT2D eigenvalue weighted by Crippen LogP contribution is 2.41. The summed E-state index contributed by atoms with van der Waals surface area (Å²) in [4.78, 5) is 0. The monoisotopic (exact) mass is 699 g/mol. The van der Waals surface area contributed by atoms with Gasteiger partial charge in [0.2, 0.25) is 0 Å². The lowest BCUT2D eigenvalue weighted by molar-refractivity contribution is 1.15. The van der Waals surface area contributed by atoms with Crippen LogP contribution in [-0.2, 0) is 0 Å². The molecular formula is C52H33N3. The molecule has 0 amide bonds. The fourth-order valence-corrected chi connectivity index (χ4v) is 9.20. The fourth-order valence-electron chi connectivity index (χ4n) is 9.20. The molecule has 12 rings (SSSR count). The third-order valence-electron chi connectivity index (χ3n) is 11.6. The highest BCUT2D eigenvalue weighted by Gasteiger charge is 2.19. The molecule has 3 heteroatoms. The molecule has 0 spiro atoms. The molecule has 0 saturated carbocycles. The molecule has 3 nitrogen and oxygen atoms in total. The lowest BCUT2D eigenvalue weighted by Gasteiger charge is -2.12. The quantitative estimate of drug-likeness (QED) is 0.174. The molecule has 0 unspecified atom stereocenters. The van der Waals surface area contributed by atoms with Crippen LogP contribution in [0.3, 0.4) is 0 Å². The zero-order valence-electron chi connectivity index (χ0n) is 29.9. The number of hydrogen-bond acceptors (Lipinski definition) is 0. The van der Waals surface area contributed by atoms with E-state index in [2.05, 4.69) is 214 Å². The van der Waals surface area contributed by atoms with Gasteiger partial charge in [-0.25, -0.2) is 0 Å². The van der Waals surface area contributed by atoms with Crippen molar-refractivity contribution in [2.75, 3.05) is 0 Å². The van der Waals surface area contributed by atoms with Crippen LogP contribution in [0.5, 0.6) is 0 Å². The van der Waals surface area contributed by atoms with Gasteiger partial charge >= 0.3 is 0 Å².